The number of guanidine groups is 1. The number of nitrogens with zero attached hydrogens (tertiary/aromatic N) is 2. The molecule has 1 aliphatic rings. The summed E-state index contributed by atoms with van der Waals surface area (Å²) in [6, 6.07) is -20.7. The first-order valence-corrected chi connectivity index (χ1v) is 46.8. The predicted molar refractivity (Wildman–Crippen MR) is 506 cm³/mol. The van der Waals surface area contributed by atoms with Crippen LogP contribution in [0.5, 0.6) is 0 Å². The molecule has 3 aromatic heterocycles. The molecule has 4 heterocycles. The third-order valence-electron chi connectivity index (χ3n) is 22.6. The summed E-state index contributed by atoms with van der Waals surface area (Å²) >= 11 is 0. The molecule has 786 valence electrons. The van der Waals surface area contributed by atoms with Gasteiger partial charge in [-0.25, -0.2) is 14.8 Å². The Kier molecular flexibility index (Phi) is 49.3. The summed E-state index contributed by atoms with van der Waals surface area (Å²) in [4.78, 5) is 293. The highest BCUT2D eigenvalue weighted by atomic mass is 16.4. The van der Waals surface area contributed by atoms with E-state index in [1.54, 1.807) is 72.0 Å². The molecule has 1 aromatic carbocycles. The lowest BCUT2D eigenvalue weighted by molar-refractivity contribution is -0.143. The fraction of sp³-hybridized carbons (Fsp3) is 0.607. The molecule has 1 aliphatic heterocycles. The van der Waals surface area contributed by atoms with E-state index in [1.165, 1.54) is 38.9 Å². The van der Waals surface area contributed by atoms with Gasteiger partial charge in [-0.05, 0) is 147 Å². The van der Waals surface area contributed by atoms with Crippen LogP contribution in [0.15, 0.2) is 55.5 Å². The van der Waals surface area contributed by atoms with Crippen molar-refractivity contribution in [1.82, 2.24) is 121 Å². The number of H-pyrrole nitrogens is 3. The van der Waals surface area contributed by atoms with E-state index >= 15 is 4.79 Å². The molecule has 53 nitrogen and oxygen atoms in total. The van der Waals surface area contributed by atoms with Gasteiger partial charge in [-0.2, -0.15) is 0 Å². The zero-order valence-corrected chi connectivity index (χ0v) is 80.9. The topological polar surface area (TPSA) is 854 Å². The summed E-state index contributed by atoms with van der Waals surface area (Å²) in [7, 11) is 0. The molecule has 0 aliphatic carbocycles. The number of imidazole rings is 2. The second-order valence-corrected chi connectivity index (χ2v) is 36.1. The Morgan fingerprint density at radius 1 is 0.430 bits per heavy atom. The number of carbonyl (C=O) groups is 20. The van der Waals surface area contributed by atoms with Gasteiger partial charge in [0.05, 0.1) is 43.9 Å². The van der Waals surface area contributed by atoms with Gasteiger partial charge in [-0.15, -0.1) is 0 Å². The Labute approximate surface area is 817 Å². The van der Waals surface area contributed by atoms with Gasteiger partial charge >= 0.3 is 17.9 Å². The number of hydrogen-bond donors (Lipinski definition) is 31. The van der Waals surface area contributed by atoms with E-state index in [4.69, 9.17) is 22.6 Å². The van der Waals surface area contributed by atoms with Crippen LogP contribution in [0, 0.1) is 23.2 Å². The molecule has 53 heteroatoms. The molecule has 5 rings (SSSR count). The number of amides is 17. The third kappa shape index (κ3) is 40.8. The molecule has 1 saturated heterocycles. The van der Waals surface area contributed by atoms with E-state index in [0.29, 0.717) is 41.5 Å². The third-order valence-corrected chi connectivity index (χ3v) is 22.6. The summed E-state index contributed by atoms with van der Waals surface area (Å²) < 4.78 is 0. The van der Waals surface area contributed by atoms with Gasteiger partial charge in [0.2, 0.25) is 100 Å². The highest BCUT2D eigenvalue weighted by molar-refractivity contribution is 6.02. The molecule has 17 amide bonds. The summed E-state index contributed by atoms with van der Waals surface area (Å²) in [5.74, 6) is -24.1. The van der Waals surface area contributed by atoms with E-state index in [2.05, 4.69) is 121 Å². The first-order chi connectivity index (χ1) is 67.0. The summed E-state index contributed by atoms with van der Waals surface area (Å²) in [5, 5.41) is 115. The molecular formula is C89H139N27O26. The average molecular weight is 2000 g/mol. The molecule has 142 heavy (non-hydrogen) atoms. The number of para-hydroxylation sites is 1. The number of nitrogens with two attached hydrogens (primary N) is 3. The van der Waals surface area contributed by atoms with Crippen LogP contribution in [0.1, 0.15) is 183 Å². The van der Waals surface area contributed by atoms with E-state index in [-0.39, 0.29) is 101 Å². The highest BCUT2D eigenvalue weighted by Crippen LogP contribution is 2.22. The Balaban J connectivity index is 1.35. The lowest BCUT2D eigenvalue weighted by Gasteiger charge is -2.29. The molecule has 19 atom stereocenters. The number of aromatic nitrogens is 5. The van der Waals surface area contributed by atoms with Crippen molar-refractivity contribution in [3.05, 3.63) is 72.5 Å². The van der Waals surface area contributed by atoms with Crippen LogP contribution in [0.3, 0.4) is 0 Å². The zero-order valence-electron chi connectivity index (χ0n) is 80.9. The first-order valence-electron chi connectivity index (χ1n) is 46.8. The number of unbranched alkanes of at least 4 members (excludes halogenated alkanes) is 1. The molecule has 4 aromatic rings. The number of rotatable bonds is 64. The van der Waals surface area contributed by atoms with Crippen LogP contribution < -0.4 is 113 Å². The van der Waals surface area contributed by atoms with Gasteiger partial charge in [0.25, 0.3) is 0 Å². The number of nitrogens with one attached hydrogen (secondary N) is 22. The number of primary amides is 1. The average Bonchev–Trinajstić information content (AvgIpc) is 1.70. The van der Waals surface area contributed by atoms with E-state index in [1.807, 2.05) is 0 Å². The van der Waals surface area contributed by atoms with Crippen LogP contribution in [0.4, 0.5) is 0 Å². The van der Waals surface area contributed by atoms with E-state index in [9.17, 15) is 122 Å². The Bertz CT molecular complexity index is 4950. The number of aliphatic hydroxyl groups excluding tert-OH is 3. The fourth-order valence-electron chi connectivity index (χ4n) is 15.0. The van der Waals surface area contributed by atoms with Crippen molar-refractivity contribution in [2.75, 3.05) is 26.2 Å². The monoisotopic (exact) mass is 2000 g/mol. The second kappa shape index (κ2) is 59.3. The van der Waals surface area contributed by atoms with E-state index in [0.717, 1.165) is 13.8 Å². The summed E-state index contributed by atoms with van der Waals surface area (Å²) in [5.41, 5.74) is 18.3. The maximum Gasteiger partial charge on any atom is 0.326 e. The van der Waals surface area contributed by atoms with Gasteiger partial charge < -0.3 is 158 Å². The van der Waals surface area contributed by atoms with Crippen molar-refractivity contribution in [1.29, 1.82) is 5.41 Å². The zero-order chi connectivity index (χ0) is 106. The number of carbonyl (C=O) groups excluding carboxylic acids is 17. The maximum atomic E-state index is 15.0. The lowest BCUT2D eigenvalue weighted by atomic mass is 10.00. The predicted octanol–water partition coefficient (Wildman–Crippen LogP) is -7.84. The van der Waals surface area contributed by atoms with Gasteiger partial charge in [-0.1, -0.05) is 59.7 Å². The molecule has 0 bridgehead atoms. The molecule has 0 unspecified atom stereocenters. The van der Waals surface area contributed by atoms with Crippen molar-refractivity contribution in [3.8, 4) is 0 Å². The minimum atomic E-state index is -2.10. The number of carboxylic acid groups (broad SMARTS) is 3. The smallest absolute Gasteiger partial charge is 0.326 e. The second-order valence-electron chi connectivity index (χ2n) is 36.1. The summed E-state index contributed by atoms with van der Waals surface area (Å²) in [6.45, 7) is 14.0. The maximum absolute atomic E-state index is 15.0. The van der Waals surface area contributed by atoms with Gasteiger partial charge in [0.1, 0.15) is 96.7 Å². The van der Waals surface area contributed by atoms with Crippen molar-refractivity contribution < 1.29 is 127 Å². The quantitative estimate of drug-likeness (QED) is 0.0111. The molecule has 34 N–H and O–H groups in total. The molecular weight excluding hydrogens is 1860 g/mol. The normalized spacial score (nSPS) is 16.2. The Morgan fingerprint density at radius 2 is 0.824 bits per heavy atom. The number of hydrogen-bond acceptors (Lipinski definition) is 28. The minimum absolute atomic E-state index is 0.0227. The van der Waals surface area contributed by atoms with Crippen molar-refractivity contribution in [2.24, 2.45) is 35.0 Å². The first kappa shape index (κ1) is 118. The van der Waals surface area contributed by atoms with Crippen LogP contribution >= 0.6 is 0 Å². The minimum Gasteiger partial charge on any atom is -0.481 e. The van der Waals surface area contributed by atoms with Crippen molar-refractivity contribution in [3.63, 3.8) is 0 Å². The molecule has 0 radical (unpaired) electrons. The Hall–Kier alpha value is -14.3. The molecule has 1 fully saturated rings. The van der Waals surface area contributed by atoms with Crippen molar-refractivity contribution in [2.45, 2.75) is 300 Å². The number of aliphatic carboxylic acids is 3. The SMILES string of the molecule is CC(C)C[C@H](NC(=O)[C@H](C)NC(=O)[C@@H](NC(=O)[C@H](CC(=O)O)NC(=O)[C@H](CC(C)C)NC(=O)[C@H](CO)NC(=O)[C@H](Cc1cnc[nH]1)NC(=O)[C@H](CCC(N)=O)NC(=O)[C@H](CC(C)C)NC(=O)[C@H](CCCCN)NC(=O)[C@@H](NC(=O)[C@H](Cc1c[nH]c2ccccc12)NC(=O)[C@H](Cc1cnc[nH]1)NC(=O)[C@H](C)NC(=O)[C@H](CCC(=O)O)NC(=O)[C@@H]1CCCN1)[C@@H](C)O)[C@@H](C)O)C(=O)N[C@@H](CCCNC(=N)N)C(=O)O. The van der Waals surface area contributed by atoms with Gasteiger partial charge in [0.15, 0.2) is 5.96 Å². The van der Waals surface area contributed by atoms with Crippen LogP contribution in [0.2, 0.25) is 0 Å². The summed E-state index contributed by atoms with van der Waals surface area (Å²) in [6.07, 6.45) is -0.394. The standard InChI is InChI=1S/C89H139N27O26/c1-42(2)29-59(79(132)106-58(88(141)142)21-16-28-97-89(92)93)107-73(126)46(8)102-86(139)70(47(9)118)115-84(137)65(35-69(123)124)113-80(133)61(31-44(5)6)110-85(138)66(39-117)114-82(135)64(34-51-38-95-41-100-51)112-77(130)56(22-24-67(91)120)104-78(131)60(30-43(3)4)109-76(129)55(19-13-14-26-90)105-87(140)71(48(10)119)116-83(136)62(32-49-36-98-53-18-12-11-17-52(49)53)111-81(134)63(33-50-37-94-40-99-50)108-72(125)45(7)101-75(128)57(23-25-68(121)122)103-74(127)54-20-15-27-96-54/h11-12,17-18,36-38,40-48,54-66,70-71,96,98,117-119H,13-16,19-35,39,90H2,1-10H3,(H2,91,120)(H,94,99)(H,95,100)(H,101,128)(H,102,139)(H,103,127)(H,104,131)(H,105,140)(H,106,132)(H,107,126)(H,108,125)(H,109,129)(H,110,138)(H,111,134)(H,112,130)(H,113,133)(H,114,135)(H,115,137)(H,116,136)(H,121,122)(H,123,124)(H,141,142)(H4,92,93,97)/t45-,46-,47+,48+,54-,55-,56-,57-,58-,59-,60-,61-,62-,63-,64-,65-,66-,70-,71-/m0/s1. The number of aliphatic hydroxyl groups is 3. The molecule has 0 spiro atoms. The number of benzene rings is 1. The van der Waals surface area contributed by atoms with Gasteiger partial charge in [0, 0.05) is 79.5 Å². The Morgan fingerprint density at radius 3 is 1.28 bits per heavy atom. The van der Waals surface area contributed by atoms with Crippen LogP contribution in [0.25, 0.3) is 10.9 Å². The number of carboxylic acids is 3. The van der Waals surface area contributed by atoms with Gasteiger partial charge in [-0.3, -0.25) is 96.5 Å². The van der Waals surface area contributed by atoms with Crippen LogP contribution in [-0.2, 0) is 115 Å². The molecule has 0 saturated carbocycles. The van der Waals surface area contributed by atoms with E-state index < -0.39 is 284 Å². The lowest BCUT2D eigenvalue weighted by Crippen LogP contribution is -2.62. The largest absolute Gasteiger partial charge is 0.481 e. The number of fused-ring (bicyclic) bond motifs is 1. The number of aromatic amines is 3. The van der Waals surface area contributed by atoms with Crippen molar-refractivity contribution >= 4 is 135 Å². The fourth-order valence-corrected chi connectivity index (χ4v) is 15.0. The van der Waals surface area contributed by atoms with Crippen LogP contribution in [-0.4, -0.2) is 321 Å². The highest BCUT2D eigenvalue weighted by Gasteiger charge is 2.42.